The van der Waals surface area contributed by atoms with Crippen LogP contribution < -0.4 is 10.2 Å². The number of aryl methyl sites for hydroxylation is 1. The number of anilines is 2. The van der Waals surface area contributed by atoms with Crippen LogP contribution in [0.2, 0.25) is 5.02 Å². The topological polar surface area (TPSA) is 49.4 Å². The quantitative estimate of drug-likeness (QED) is 0.607. The van der Waals surface area contributed by atoms with Gasteiger partial charge in [0.15, 0.2) is 0 Å². The Balaban J connectivity index is 1.82. The van der Waals surface area contributed by atoms with Gasteiger partial charge in [-0.25, -0.2) is 9.29 Å². The van der Waals surface area contributed by atoms with E-state index in [-0.39, 0.29) is 11.3 Å². The van der Waals surface area contributed by atoms with E-state index in [2.05, 4.69) is 5.32 Å². The number of nitrogens with one attached hydrogen (secondary N) is 1. The van der Waals surface area contributed by atoms with Crippen LogP contribution in [0, 0.1) is 12.7 Å². The van der Waals surface area contributed by atoms with Crippen molar-refractivity contribution in [1.82, 2.24) is 0 Å². The summed E-state index contributed by atoms with van der Waals surface area (Å²) in [6.07, 6.45) is 0. The highest BCUT2D eigenvalue weighted by atomic mass is 35.5. The Morgan fingerprint density at radius 3 is 2.34 bits per heavy atom. The van der Waals surface area contributed by atoms with Gasteiger partial charge in [-0.2, -0.15) is 0 Å². The predicted molar refractivity (Wildman–Crippen MR) is 112 cm³/mol. The smallest absolute Gasteiger partial charge is 0.282 e. The lowest BCUT2D eigenvalue weighted by molar-refractivity contribution is -0.120. The second kappa shape index (κ2) is 7.53. The third kappa shape index (κ3) is 3.52. The van der Waals surface area contributed by atoms with Crippen molar-refractivity contribution in [2.45, 2.75) is 6.92 Å². The Hall–Kier alpha value is -3.44. The van der Waals surface area contributed by atoms with E-state index in [0.717, 1.165) is 10.5 Å². The average molecular weight is 407 g/mol. The van der Waals surface area contributed by atoms with Crippen molar-refractivity contribution < 1.29 is 14.0 Å². The number of benzene rings is 3. The zero-order valence-corrected chi connectivity index (χ0v) is 16.2. The molecule has 1 N–H and O–H groups in total. The van der Waals surface area contributed by atoms with E-state index < -0.39 is 17.6 Å². The molecule has 0 fully saturated rings. The standard InChI is InChI=1S/C23H16ClFN2O2/c1-14-10-11-18(13-19(14)24)27-22(28)20(15-6-3-2-4-7-15)21(23(27)29)26-17-9-5-8-16(25)12-17/h2-13,26H,1H3. The van der Waals surface area contributed by atoms with Crippen LogP contribution in [0.25, 0.3) is 5.57 Å². The van der Waals surface area contributed by atoms with E-state index in [1.54, 1.807) is 48.5 Å². The largest absolute Gasteiger partial charge is 0.350 e. The Morgan fingerprint density at radius 1 is 0.897 bits per heavy atom. The van der Waals surface area contributed by atoms with Crippen LogP contribution in [0.3, 0.4) is 0 Å². The van der Waals surface area contributed by atoms with E-state index in [1.165, 1.54) is 18.2 Å². The fourth-order valence-electron chi connectivity index (χ4n) is 3.18. The molecule has 0 saturated carbocycles. The summed E-state index contributed by atoms with van der Waals surface area (Å²) in [5.41, 5.74) is 2.48. The zero-order valence-electron chi connectivity index (χ0n) is 15.4. The fourth-order valence-corrected chi connectivity index (χ4v) is 3.36. The van der Waals surface area contributed by atoms with E-state index in [1.807, 2.05) is 13.0 Å². The molecule has 0 bridgehead atoms. The van der Waals surface area contributed by atoms with Crippen molar-refractivity contribution >= 4 is 40.4 Å². The summed E-state index contributed by atoms with van der Waals surface area (Å²) in [6, 6.07) is 19.6. The van der Waals surface area contributed by atoms with Crippen molar-refractivity contribution in [3.63, 3.8) is 0 Å². The number of halogens is 2. The highest BCUT2D eigenvalue weighted by molar-refractivity contribution is 6.46. The first-order valence-corrected chi connectivity index (χ1v) is 9.31. The van der Waals surface area contributed by atoms with Crippen LogP contribution in [-0.4, -0.2) is 11.8 Å². The normalized spacial score (nSPS) is 14.0. The Labute approximate surface area is 172 Å². The van der Waals surface area contributed by atoms with Gasteiger partial charge in [-0.1, -0.05) is 54.1 Å². The molecular weight excluding hydrogens is 391 g/mol. The summed E-state index contributed by atoms with van der Waals surface area (Å²) in [6.45, 7) is 1.84. The fraction of sp³-hybridized carbons (Fsp3) is 0.0435. The van der Waals surface area contributed by atoms with E-state index in [9.17, 15) is 14.0 Å². The average Bonchev–Trinajstić information content (AvgIpc) is 2.95. The van der Waals surface area contributed by atoms with Gasteiger partial charge in [0.1, 0.15) is 11.5 Å². The first-order chi connectivity index (χ1) is 14.0. The molecule has 4 nitrogen and oxygen atoms in total. The molecule has 6 heteroatoms. The Morgan fingerprint density at radius 2 is 1.66 bits per heavy atom. The first-order valence-electron chi connectivity index (χ1n) is 8.93. The summed E-state index contributed by atoms with van der Waals surface area (Å²) in [4.78, 5) is 27.6. The van der Waals surface area contributed by atoms with Crippen molar-refractivity contribution in [3.8, 4) is 0 Å². The zero-order chi connectivity index (χ0) is 20.5. The number of hydrogen-bond donors (Lipinski definition) is 1. The van der Waals surface area contributed by atoms with Crippen molar-refractivity contribution in [3.05, 3.63) is 100 Å². The molecule has 4 rings (SSSR count). The number of amides is 2. The van der Waals surface area contributed by atoms with Gasteiger partial charge in [0, 0.05) is 10.7 Å². The highest BCUT2D eigenvalue weighted by Gasteiger charge is 2.40. The lowest BCUT2D eigenvalue weighted by atomic mass is 10.0. The molecule has 0 atom stereocenters. The van der Waals surface area contributed by atoms with Crippen LogP contribution in [0.4, 0.5) is 15.8 Å². The molecule has 2 amide bonds. The predicted octanol–water partition coefficient (Wildman–Crippen LogP) is 5.18. The van der Waals surface area contributed by atoms with E-state index in [0.29, 0.717) is 22.0 Å². The molecule has 1 aliphatic rings. The minimum Gasteiger partial charge on any atom is -0.350 e. The van der Waals surface area contributed by atoms with E-state index in [4.69, 9.17) is 11.6 Å². The van der Waals surface area contributed by atoms with Gasteiger partial charge < -0.3 is 5.32 Å². The monoisotopic (exact) mass is 406 g/mol. The third-order valence-electron chi connectivity index (χ3n) is 4.65. The maximum atomic E-state index is 13.6. The summed E-state index contributed by atoms with van der Waals surface area (Å²) in [5, 5.41) is 3.39. The summed E-state index contributed by atoms with van der Waals surface area (Å²) in [7, 11) is 0. The molecule has 144 valence electrons. The van der Waals surface area contributed by atoms with Crippen molar-refractivity contribution in [1.29, 1.82) is 0 Å². The second-order valence-electron chi connectivity index (χ2n) is 6.63. The lowest BCUT2D eigenvalue weighted by Gasteiger charge is -2.16. The van der Waals surface area contributed by atoms with Crippen molar-refractivity contribution in [2.75, 3.05) is 10.2 Å². The number of carbonyl (C=O) groups excluding carboxylic acids is 2. The molecule has 0 unspecified atom stereocenters. The maximum absolute atomic E-state index is 13.6. The molecule has 0 spiro atoms. The molecule has 0 aromatic heterocycles. The highest BCUT2D eigenvalue weighted by Crippen LogP contribution is 2.35. The maximum Gasteiger partial charge on any atom is 0.282 e. The van der Waals surface area contributed by atoms with Gasteiger partial charge in [-0.05, 0) is 48.4 Å². The van der Waals surface area contributed by atoms with Gasteiger partial charge in [-0.15, -0.1) is 0 Å². The molecule has 0 radical (unpaired) electrons. The van der Waals surface area contributed by atoms with Crippen LogP contribution in [-0.2, 0) is 9.59 Å². The summed E-state index contributed by atoms with van der Waals surface area (Å²) in [5.74, 6) is -1.45. The molecule has 29 heavy (non-hydrogen) atoms. The van der Waals surface area contributed by atoms with Crippen LogP contribution in [0.5, 0.6) is 0 Å². The Kier molecular flexibility index (Phi) is 4.91. The second-order valence-corrected chi connectivity index (χ2v) is 7.04. The molecule has 1 heterocycles. The number of imide groups is 1. The first kappa shape index (κ1) is 18.9. The van der Waals surface area contributed by atoms with Gasteiger partial charge in [0.05, 0.1) is 11.3 Å². The van der Waals surface area contributed by atoms with Gasteiger partial charge in [-0.3, -0.25) is 9.59 Å². The molecular formula is C23H16ClFN2O2. The van der Waals surface area contributed by atoms with Gasteiger partial charge in [0.2, 0.25) is 0 Å². The summed E-state index contributed by atoms with van der Waals surface area (Å²) >= 11 is 6.20. The lowest BCUT2D eigenvalue weighted by Crippen LogP contribution is -2.32. The molecule has 0 aliphatic carbocycles. The molecule has 1 aliphatic heterocycles. The number of rotatable bonds is 4. The van der Waals surface area contributed by atoms with Gasteiger partial charge >= 0.3 is 0 Å². The number of carbonyl (C=O) groups is 2. The minimum absolute atomic E-state index is 0.0866. The van der Waals surface area contributed by atoms with Crippen LogP contribution >= 0.6 is 11.6 Å². The third-order valence-corrected chi connectivity index (χ3v) is 5.06. The molecule has 3 aromatic rings. The minimum atomic E-state index is -0.530. The summed E-state index contributed by atoms with van der Waals surface area (Å²) < 4.78 is 13.6. The molecule has 3 aromatic carbocycles. The van der Waals surface area contributed by atoms with Gasteiger partial charge in [0.25, 0.3) is 11.8 Å². The molecule has 0 saturated heterocycles. The van der Waals surface area contributed by atoms with Crippen LogP contribution in [0.1, 0.15) is 11.1 Å². The Bertz CT molecular complexity index is 1160. The number of hydrogen-bond acceptors (Lipinski definition) is 3. The number of nitrogens with zero attached hydrogens (tertiary/aromatic N) is 1. The van der Waals surface area contributed by atoms with Crippen molar-refractivity contribution in [2.24, 2.45) is 0 Å². The van der Waals surface area contributed by atoms with E-state index >= 15 is 0 Å². The SMILES string of the molecule is Cc1ccc(N2C(=O)C(Nc3cccc(F)c3)=C(c3ccccc3)C2=O)cc1Cl. The van der Waals surface area contributed by atoms with Crippen LogP contribution in [0.15, 0.2) is 78.5 Å².